The number of amides is 1. The number of hydrogen-bond donors (Lipinski definition) is 1. The molecule has 2 aromatic carbocycles. The maximum Gasteiger partial charge on any atom is 0.291 e. The highest BCUT2D eigenvalue weighted by Crippen LogP contribution is 2.31. The molecule has 0 unspecified atom stereocenters. The molecule has 0 saturated heterocycles. The predicted molar refractivity (Wildman–Crippen MR) is 95.7 cm³/mol. The first-order valence-corrected chi connectivity index (χ1v) is 8.61. The summed E-state index contributed by atoms with van der Waals surface area (Å²) in [5.74, 6) is -1.84. The second-order valence-electron chi connectivity index (χ2n) is 5.20. The highest BCUT2D eigenvalue weighted by molar-refractivity contribution is 7.99. The van der Waals surface area contributed by atoms with E-state index in [4.69, 9.17) is 9.15 Å². The standard InChI is InChI=1S/C19H15F2NO3S/c20-19(21)26-17-9-5-4-8-15(17)22-18(23)16-11-10-14(25-16)12-24-13-6-2-1-3-7-13/h1-11,19H,12H2,(H,22,23). The largest absolute Gasteiger partial charge is 0.486 e. The predicted octanol–water partition coefficient (Wildman–Crippen LogP) is 5.43. The molecule has 0 fully saturated rings. The first kappa shape index (κ1) is 18.0. The van der Waals surface area contributed by atoms with Crippen molar-refractivity contribution in [1.82, 2.24) is 0 Å². The lowest BCUT2D eigenvalue weighted by atomic mass is 10.3. The number of hydrogen-bond acceptors (Lipinski definition) is 4. The Morgan fingerprint density at radius 3 is 2.54 bits per heavy atom. The quantitative estimate of drug-likeness (QED) is 0.560. The van der Waals surface area contributed by atoms with Crippen molar-refractivity contribution >= 4 is 23.4 Å². The van der Waals surface area contributed by atoms with Crippen molar-refractivity contribution < 1.29 is 22.7 Å². The number of ether oxygens (including phenoxy) is 1. The monoisotopic (exact) mass is 375 g/mol. The van der Waals surface area contributed by atoms with Crippen LogP contribution < -0.4 is 10.1 Å². The number of carbonyl (C=O) groups excluding carboxylic acids is 1. The van der Waals surface area contributed by atoms with E-state index in [1.165, 1.54) is 12.1 Å². The van der Waals surface area contributed by atoms with Crippen molar-refractivity contribution in [1.29, 1.82) is 0 Å². The van der Waals surface area contributed by atoms with Gasteiger partial charge in [-0.2, -0.15) is 8.78 Å². The Labute approximate surface area is 153 Å². The molecule has 0 aliphatic carbocycles. The molecule has 0 radical (unpaired) electrons. The van der Waals surface area contributed by atoms with Crippen LogP contribution in [0.2, 0.25) is 0 Å². The van der Waals surface area contributed by atoms with Gasteiger partial charge in [0.2, 0.25) is 0 Å². The third kappa shape index (κ3) is 4.86. The smallest absolute Gasteiger partial charge is 0.291 e. The highest BCUT2D eigenvalue weighted by Gasteiger charge is 2.15. The SMILES string of the molecule is O=C(Nc1ccccc1SC(F)F)c1ccc(COc2ccccc2)o1. The summed E-state index contributed by atoms with van der Waals surface area (Å²) in [5.41, 5.74) is 0.307. The van der Waals surface area contributed by atoms with Gasteiger partial charge in [0.15, 0.2) is 5.76 Å². The van der Waals surface area contributed by atoms with Crippen molar-refractivity contribution in [2.45, 2.75) is 17.3 Å². The highest BCUT2D eigenvalue weighted by atomic mass is 32.2. The third-order valence-electron chi connectivity index (χ3n) is 3.36. The Balaban J connectivity index is 1.63. The van der Waals surface area contributed by atoms with Crippen molar-refractivity contribution in [2.75, 3.05) is 5.32 Å². The maximum absolute atomic E-state index is 12.6. The second kappa shape index (κ2) is 8.53. The number of halogens is 2. The summed E-state index contributed by atoms with van der Waals surface area (Å²) < 4.78 is 36.2. The Kier molecular flexibility index (Phi) is 5.91. The van der Waals surface area contributed by atoms with E-state index < -0.39 is 11.7 Å². The lowest BCUT2D eigenvalue weighted by molar-refractivity contribution is 0.0992. The third-order valence-corrected chi connectivity index (χ3v) is 4.15. The zero-order valence-corrected chi connectivity index (χ0v) is 14.3. The summed E-state index contributed by atoms with van der Waals surface area (Å²) in [6.45, 7) is 0.176. The fourth-order valence-electron chi connectivity index (χ4n) is 2.20. The van der Waals surface area contributed by atoms with Crippen LogP contribution in [0.15, 0.2) is 76.0 Å². The maximum atomic E-state index is 12.6. The van der Waals surface area contributed by atoms with Crippen molar-refractivity contribution in [2.24, 2.45) is 0 Å². The Morgan fingerprint density at radius 1 is 1.04 bits per heavy atom. The van der Waals surface area contributed by atoms with Crippen LogP contribution in [0, 0.1) is 0 Å². The van der Waals surface area contributed by atoms with Crippen LogP contribution in [0.1, 0.15) is 16.3 Å². The Morgan fingerprint density at radius 2 is 1.77 bits per heavy atom. The molecule has 1 heterocycles. The topological polar surface area (TPSA) is 51.5 Å². The van der Waals surface area contributed by atoms with E-state index in [2.05, 4.69) is 5.32 Å². The summed E-state index contributed by atoms with van der Waals surface area (Å²) in [4.78, 5) is 12.6. The summed E-state index contributed by atoms with van der Waals surface area (Å²) >= 11 is 0.375. The molecule has 4 nitrogen and oxygen atoms in total. The summed E-state index contributed by atoms with van der Waals surface area (Å²) in [6.07, 6.45) is 0. The normalized spacial score (nSPS) is 10.7. The molecule has 0 saturated carbocycles. The molecule has 0 aliphatic rings. The van der Waals surface area contributed by atoms with Gasteiger partial charge in [0.25, 0.3) is 11.7 Å². The summed E-state index contributed by atoms with van der Waals surface area (Å²) in [6, 6.07) is 18.7. The first-order valence-electron chi connectivity index (χ1n) is 7.73. The van der Waals surface area contributed by atoms with Gasteiger partial charge in [-0.15, -0.1) is 0 Å². The molecular weight excluding hydrogens is 360 g/mol. The molecule has 26 heavy (non-hydrogen) atoms. The molecule has 7 heteroatoms. The Bertz CT molecular complexity index is 868. The van der Waals surface area contributed by atoms with E-state index >= 15 is 0 Å². The van der Waals surface area contributed by atoms with E-state index in [0.717, 1.165) is 0 Å². The lowest BCUT2D eigenvalue weighted by Gasteiger charge is -2.09. The summed E-state index contributed by atoms with van der Waals surface area (Å²) in [7, 11) is 0. The molecule has 0 atom stereocenters. The molecule has 1 N–H and O–H groups in total. The zero-order valence-electron chi connectivity index (χ0n) is 13.5. The minimum atomic E-state index is -2.57. The number of benzene rings is 2. The average molecular weight is 375 g/mol. The molecule has 134 valence electrons. The minimum absolute atomic E-state index is 0.0773. The van der Waals surface area contributed by atoms with Gasteiger partial charge in [-0.05, 0) is 36.4 Å². The summed E-state index contributed by atoms with van der Waals surface area (Å²) in [5, 5.41) is 2.59. The van der Waals surface area contributed by atoms with Crippen LogP contribution >= 0.6 is 11.8 Å². The van der Waals surface area contributed by atoms with Gasteiger partial charge in [-0.25, -0.2) is 0 Å². The van der Waals surface area contributed by atoms with Crippen LogP contribution in [0.25, 0.3) is 0 Å². The number of alkyl halides is 2. The van der Waals surface area contributed by atoms with Crippen molar-refractivity contribution in [3.63, 3.8) is 0 Å². The van der Waals surface area contributed by atoms with Crippen LogP contribution in [-0.4, -0.2) is 11.7 Å². The molecule has 1 aromatic heterocycles. The van der Waals surface area contributed by atoms with Gasteiger partial charge in [-0.1, -0.05) is 42.1 Å². The van der Waals surface area contributed by atoms with Gasteiger partial charge in [-0.3, -0.25) is 4.79 Å². The number of nitrogens with one attached hydrogen (secondary N) is 1. The Hall–Kier alpha value is -2.80. The van der Waals surface area contributed by atoms with Crippen LogP contribution in [-0.2, 0) is 6.61 Å². The van der Waals surface area contributed by atoms with Crippen LogP contribution in [0.5, 0.6) is 5.75 Å². The van der Waals surface area contributed by atoms with Gasteiger partial charge in [0.05, 0.1) is 5.69 Å². The van der Waals surface area contributed by atoms with Crippen LogP contribution in [0.3, 0.4) is 0 Å². The first-order chi connectivity index (χ1) is 12.6. The lowest BCUT2D eigenvalue weighted by Crippen LogP contribution is -2.11. The van der Waals surface area contributed by atoms with Crippen molar-refractivity contribution in [3.05, 3.63) is 78.3 Å². The zero-order chi connectivity index (χ0) is 18.4. The molecule has 3 aromatic rings. The number of thioether (sulfide) groups is 1. The molecule has 3 rings (SSSR count). The van der Waals surface area contributed by atoms with Gasteiger partial charge in [0.1, 0.15) is 18.1 Å². The number of furan rings is 1. The number of anilines is 1. The number of carbonyl (C=O) groups is 1. The minimum Gasteiger partial charge on any atom is -0.486 e. The van der Waals surface area contributed by atoms with Gasteiger partial charge in [0, 0.05) is 4.90 Å². The van der Waals surface area contributed by atoms with Gasteiger partial charge < -0.3 is 14.5 Å². The van der Waals surface area contributed by atoms with Gasteiger partial charge >= 0.3 is 0 Å². The van der Waals surface area contributed by atoms with E-state index in [-0.39, 0.29) is 17.3 Å². The van der Waals surface area contributed by atoms with Crippen LogP contribution in [0.4, 0.5) is 14.5 Å². The number of para-hydroxylation sites is 2. The molecule has 0 aliphatic heterocycles. The molecule has 0 bridgehead atoms. The van der Waals surface area contributed by atoms with E-state index in [9.17, 15) is 13.6 Å². The second-order valence-corrected chi connectivity index (χ2v) is 6.23. The van der Waals surface area contributed by atoms with E-state index in [0.29, 0.717) is 29.0 Å². The number of rotatable bonds is 7. The molecule has 1 amide bonds. The fraction of sp³-hybridized carbons (Fsp3) is 0.105. The molecular formula is C19H15F2NO3S. The molecule has 0 spiro atoms. The van der Waals surface area contributed by atoms with E-state index in [1.807, 2.05) is 30.3 Å². The average Bonchev–Trinajstić information content (AvgIpc) is 3.11. The fourth-order valence-corrected chi connectivity index (χ4v) is 2.80. The van der Waals surface area contributed by atoms with Crippen molar-refractivity contribution in [3.8, 4) is 5.75 Å². The van der Waals surface area contributed by atoms with E-state index in [1.54, 1.807) is 24.3 Å².